The number of aliphatic carboxylic acids is 1. The largest absolute Gasteiger partial charge is 0.497 e. The van der Waals surface area contributed by atoms with Crippen LogP contribution in [-0.4, -0.2) is 62.3 Å². The molecule has 24 heavy (non-hydrogen) atoms. The van der Waals surface area contributed by atoms with Gasteiger partial charge in [-0.25, -0.2) is 0 Å². The van der Waals surface area contributed by atoms with E-state index in [2.05, 4.69) is 0 Å². The number of carbonyl (C=O) groups is 2. The van der Waals surface area contributed by atoms with Crippen LogP contribution in [0.2, 0.25) is 0 Å². The molecule has 1 aliphatic heterocycles. The molecular weight excluding hydrogens is 312 g/mol. The van der Waals surface area contributed by atoms with Gasteiger partial charge in [0.1, 0.15) is 11.5 Å². The van der Waals surface area contributed by atoms with Gasteiger partial charge in [0.05, 0.1) is 25.9 Å². The third kappa shape index (κ3) is 4.17. The fourth-order valence-electron chi connectivity index (χ4n) is 2.91. The van der Waals surface area contributed by atoms with Gasteiger partial charge >= 0.3 is 5.97 Å². The van der Waals surface area contributed by atoms with Gasteiger partial charge in [0.2, 0.25) is 5.91 Å². The number of rotatable bonds is 8. The van der Waals surface area contributed by atoms with E-state index in [0.29, 0.717) is 37.4 Å². The molecule has 1 aromatic rings. The lowest BCUT2D eigenvalue weighted by atomic mass is 10.2. The zero-order valence-corrected chi connectivity index (χ0v) is 14.3. The van der Waals surface area contributed by atoms with Crippen molar-refractivity contribution in [1.82, 2.24) is 4.90 Å². The molecule has 1 N–H and O–H groups in total. The van der Waals surface area contributed by atoms with Crippen molar-refractivity contribution in [2.24, 2.45) is 0 Å². The molecular formula is C17H24N2O5. The van der Waals surface area contributed by atoms with E-state index in [0.717, 1.165) is 5.69 Å². The van der Waals surface area contributed by atoms with E-state index in [-0.39, 0.29) is 18.4 Å². The summed E-state index contributed by atoms with van der Waals surface area (Å²) in [6.07, 6.45) is 1.35. The molecule has 0 radical (unpaired) electrons. The van der Waals surface area contributed by atoms with Gasteiger partial charge in [-0.05, 0) is 26.4 Å². The van der Waals surface area contributed by atoms with E-state index in [1.54, 1.807) is 25.2 Å². The van der Waals surface area contributed by atoms with Crippen molar-refractivity contribution in [3.63, 3.8) is 0 Å². The van der Waals surface area contributed by atoms with Crippen LogP contribution in [0.4, 0.5) is 5.69 Å². The number of hydrogen-bond donors (Lipinski definition) is 1. The van der Waals surface area contributed by atoms with Crippen LogP contribution in [-0.2, 0) is 9.59 Å². The minimum atomic E-state index is -0.814. The number of hydrogen-bond acceptors (Lipinski definition) is 5. The van der Waals surface area contributed by atoms with Gasteiger partial charge in [-0.2, -0.15) is 0 Å². The van der Waals surface area contributed by atoms with Gasteiger partial charge in [0, 0.05) is 31.2 Å². The van der Waals surface area contributed by atoms with E-state index in [1.807, 2.05) is 24.1 Å². The summed E-state index contributed by atoms with van der Waals surface area (Å²) in [5, 5.41) is 8.72. The van der Waals surface area contributed by atoms with Crippen LogP contribution in [0.3, 0.4) is 0 Å². The van der Waals surface area contributed by atoms with Crippen molar-refractivity contribution < 1.29 is 24.2 Å². The highest BCUT2D eigenvalue weighted by Gasteiger charge is 2.35. The van der Waals surface area contributed by atoms with E-state index in [1.165, 1.54) is 0 Å². The molecule has 0 aromatic heterocycles. The van der Waals surface area contributed by atoms with Crippen LogP contribution in [0.1, 0.15) is 19.3 Å². The van der Waals surface area contributed by atoms with Gasteiger partial charge in [-0.15, -0.1) is 0 Å². The predicted octanol–water partition coefficient (Wildman–Crippen LogP) is 1.61. The summed E-state index contributed by atoms with van der Waals surface area (Å²) in [6, 6.07) is 5.16. The summed E-state index contributed by atoms with van der Waals surface area (Å²) < 4.78 is 10.5. The highest BCUT2D eigenvalue weighted by molar-refractivity contribution is 5.99. The van der Waals surface area contributed by atoms with E-state index in [9.17, 15) is 9.59 Å². The number of methoxy groups -OCH3 is 2. The smallest absolute Gasteiger partial charge is 0.303 e. The Hall–Kier alpha value is -2.28. The molecule has 132 valence electrons. The van der Waals surface area contributed by atoms with Crippen molar-refractivity contribution in [2.75, 3.05) is 39.3 Å². The third-order valence-electron chi connectivity index (χ3n) is 4.26. The SMILES string of the molecule is COc1cc(OC)cc(N2CCC(N(C)CCCC(=O)O)C2=O)c1. The van der Waals surface area contributed by atoms with Gasteiger partial charge in [0.25, 0.3) is 0 Å². The average molecular weight is 336 g/mol. The Bertz CT molecular complexity index is 582. The lowest BCUT2D eigenvalue weighted by Gasteiger charge is -2.24. The summed E-state index contributed by atoms with van der Waals surface area (Å²) in [5.74, 6) is 0.472. The molecule has 0 bridgehead atoms. The zero-order valence-electron chi connectivity index (χ0n) is 14.3. The second-order valence-electron chi connectivity index (χ2n) is 5.84. The summed E-state index contributed by atoms with van der Waals surface area (Å²) in [4.78, 5) is 27.0. The Kier molecular flexibility index (Phi) is 6.03. The molecule has 1 heterocycles. The number of anilines is 1. The van der Waals surface area contributed by atoms with Crippen LogP contribution < -0.4 is 14.4 Å². The van der Waals surface area contributed by atoms with Crippen molar-refractivity contribution >= 4 is 17.6 Å². The molecule has 1 aromatic carbocycles. The molecule has 1 fully saturated rings. The van der Waals surface area contributed by atoms with Crippen molar-refractivity contribution in [3.05, 3.63) is 18.2 Å². The normalized spacial score (nSPS) is 17.4. The number of likely N-dealkylation sites (N-methyl/N-ethyl adjacent to an activating group) is 1. The lowest BCUT2D eigenvalue weighted by molar-refractivity contribution is -0.137. The first-order valence-electron chi connectivity index (χ1n) is 7.92. The molecule has 0 spiro atoms. The molecule has 1 atom stereocenters. The summed E-state index contributed by atoms with van der Waals surface area (Å²) in [7, 11) is 5.01. The minimum absolute atomic E-state index is 0.0168. The van der Waals surface area contributed by atoms with E-state index >= 15 is 0 Å². The fourth-order valence-corrected chi connectivity index (χ4v) is 2.91. The Morgan fingerprint density at radius 1 is 1.29 bits per heavy atom. The molecule has 1 saturated heterocycles. The van der Waals surface area contributed by atoms with Crippen molar-refractivity contribution in [3.8, 4) is 11.5 Å². The van der Waals surface area contributed by atoms with Gasteiger partial charge in [-0.1, -0.05) is 0 Å². The topological polar surface area (TPSA) is 79.3 Å². The van der Waals surface area contributed by atoms with Crippen LogP contribution in [0.5, 0.6) is 11.5 Å². The number of carboxylic acid groups (broad SMARTS) is 1. The van der Waals surface area contributed by atoms with Gasteiger partial charge < -0.3 is 19.5 Å². The first-order chi connectivity index (χ1) is 11.5. The minimum Gasteiger partial charge on any atom is -0.497 e. The van der Waals surface area contributed by atoms with Crippen LogP contribution in [0, 0.1) is 0 Å². The number of benzene rings is 1. The van der Waals surface area contributed by atoms with Gasteiger partial charge in [0.15, 0.2) is 0 Å². The third-order valence-corrected chi connectivity index (χ3v) is 4.26. The number of ether oxygens (including phenoxy) is 2. The monoisotopic (exact) mass is 336 g/mol. The van der Waals surface area contributed by atoms with Crippen LogP contribution in [0.25, 0.3) is 0 Å². The molecule has 0 saturated carbocycles. The van der Waals surface area contributed by atoms with Crippen LogP contribution >= 0.6 is 0 Å². The first kappa shape index (κ1) is 18.1. The Morgan fingerprint density at radius 3 is 2.46 bits per heavy atom. The average Bonchev–Trinajstić information content (AvgIpc) is 2.95. The molecule has 7 heteroatoms. The van der Waals surface area contributed by atoms with Crippen molar-refractivity contribution in [1.29, 1.82) is 0 Å². The first-order valence-corrected chi connectivity index (χ1v) is 7.92. The number of nitrogens with zero attached hydrogens (tertiary/aromatic N) is 2. The molecule has 7 nitrogen and oxygen atoms in total. The Morgan fingerprint density at radius 2 is 1.92 bits per heavy atom. The predicted molar refractivity (Wildman–Crippen MR) is 89.8 cm³/mol. The molecule has 1 amide bonds. The van der Waals surface area contributed by atoms with E-state index < -0.39 is 5.97 Å². The fraction of sp³-hybridized carbons (Fsp3) is 0.529. The Labute approximate surface area is 141 Å². The standard InChI is InChI=1S/C17H24N2O5/c1-18(7-4-5-16(20)21)15-6-8-19(17(15)22)12-9-13(23-2)11-14(10-12)24-3/h9-11,15H,4-8H2,1-3H3,(H,20,21). The lowest BCUT2D eigenvalue weighted by Crippen LogP contribution is -2.40. The summed E-state index contributed by atoms with van der Waals surface area (Å²) in [5.41, 5.74) is 0.748. The van der Waals surface area contributed by atoms with Crippen LogP contribution in [0.15, 0.2) is 18.2 Å². The maximum atomic E-state index is 12.7. The molecule has 0 aliphatic carbocycles. The molecule has 1 unspecified atom stereocenters. The quantitative estimate of drug-likeness (QED) is 0.777. The molecule has 1 aliphatic rings. The highest BCUT2D eigenvalue weighted by atomic mass is 16.5. The number of amides is 1. The summed E-state index contributed by atoms with van der Waals surface area (Å²) >= 11 is 0. The van der Waals surface area contributed by atoms with Crippen molar-refractivity contribution in [2.45, 2.75) is 25.3 Å². The van der Waals surface area contributed by atoms with Gasteiger partial charge in [-0.3, -0.25) is 14.5 Å². The second-order valence-corrected chi connectivity index (χ2v) is 5.84. The molecule has 2 rings (SSSR count). The number of carbonyl (C=O) groups excluding carboxylic acids is 1. The maximum Gasteiger partial charge on any atom is 0.303 e. The summed E-state index contributed by atoms with van der Waals surface area (Å²) in [6.45, 7) is 1.20. The Balaban J connectivity index is 2.06. The second kappa shape index (κ2) is 8.01. The highest BCUT2D eigenvalue weighted by Crippen LogP contribution is 2.31. The maximum absolute atomic E-state index is 12.7. The van der Waals surface area contributed by atoms with E-state index in [4.69, 9.17) is 14.6 Å². The zero-order chi connectivity index (χ0) is 17.7. The number of carboxylic acids is 1.